The van der Waals surface area contributed by atoms with Crippen LogP contribution in [0, 0.1) is 0 Å². The van der Waals surface area contributed by atoms with Crippen LogP contribution in [0.3, 0.4) is 0 Å². The molecule has 0 bridgehead atoms. The predicted octanol–water partition coefficient (Wildman–Crippen LogP) is 2.26. The number of fused-ring (bicyclic) bond motifs is 4. The van der Waals surface area contributed by atoms with Crippen molar-refractivity contribution in [3.8, 4) is 5.88 Å². The summed E-state index contributed by atoms with van der Waals surface area (Å²) in [5.41, 5.74) is 4.07. The molecule has 3 amide bonds. The lowest BCUT2D eigenvalue weighted by Gasteiger charge is -2.28. The highest BCUT2D eigenvalue weighted by Gasteiger charge is 2.48. The first kappa shape index (κ1) is 20.0. The monoisotopic (exact) mass is 434 g/mol. The molecule has 1 saturated heterocycles. The molecule has 1 atom stereocenters. The lowest BCUT2D eigenvalue weighted by molar-refractivity contribution is -0.137. The molecule has 2 aliphatic heterocycles. The minimum Gasteiger partial charge on any atom is -0.481 e. The Hall–Kier alpha value is -3.88. The van der Waals surface area contributed by atoms with E-state index in [0.717, 1.165) is 32.6 Å². The van der Waals surface area contributed by atoms with Crippen molar-refractivity contribution < 1.29 is 24.2 Å². The number of benzene rings is 1. The molecule has 1 fully saturated rings. The highest BCUT2D eigenvalue weighted by atomic mass is 16.5. The molecule has 32 heavy (non-hydrogen) atoms. The van der Waals surface area contributed by atoms with E-state index in [9.17, 15) is 14.4 Å². The quantitative estimate of drug-likeness (QED) is 0.597. The van der Waals surface area contributed by atoms with E-state index < -0.39 is 18.0 Å². The lowest BCUT2D eigenvalue weighted by Crippen LogP contribution is -2.40. The van der Waals surface area contributed by atoms with E-state index in [0.29, 0.717) is 25.4 Å². The number of rotatable bonds is 6. The van der Waals surface area contributed by atoms with Crippen molar-refractivity contribution in [2.24, 2.45) is 0 Å². The van der Waals surface area contributed by atoms with Crippen LogP contribution < -0.4 is 4.74 Å². The molecule has 9 nitrogen and oxygen atoms in total. The summed E-state index contributed by atoms with van der Waals surface area (Å²) >= 11 is 0. The number of carboxylic acids is 1. The van der Waals surface area contributed by atoms with E-state index >= 15 is 0 Å². The van der Waals surface area contributed by atoms with Gasteiger partial charge in [-0.2, -0.15) is 0 Å². The fourth-order valence-corrected chi connectivity index (χ4v) is 4.66. The molecular weight excluding hydrogens is 412 g/mol. The number of methoxy groups -OCH3 is 1. The average molecular weight is 434 g/mol. The van der Waals surface area contributed by atoms with E-state index in [1.54, 1.807) is 18.2 Å². The van der Waals surface area contributed by atoms with Gasteiger partial charge in [-0.15, -0.1) is 0 Å². The van der Waals surface area contributed by atoms with Crippen molar-refractivity contribution in [1.82, 2.24) is 19.4 Å². The van der Waals surface area contributed by atoms with Crippen LogP contribution in [0.15, 0.2) is 42.6 Å². The number of urea groups is 1. The molecule has 1 N–H and O–H groups in total. The highest BCUT2D eigenvalue weighted by Crippen LogP contribution is 2.36. The van der Waals surface area contributed by atoms with Gasteiger partial charge in [-0.1, -0.05) is 24.3 Å². The summed E-state index contributed by atoms with van der Waals surface area (Å²) in [6, 6.07) is 10.8. The minimum absolute atomic E-state index is 0.109. The molecular formula is C23H22N4O5. The Morgan fingerprint density at radius 2 is 2.03 bits per heavy atom. The normalized spacial score (nSPS) is 17.6. The lowest BCUT2D eigenvalue weighted by atomic mass is 9.97. The van der Waals surface area contributed by atoms with Gasteiger partial charge in [-0.05, 0) is 17.2 Å². The summed E-state index contributed by atoms with van der Waals surface area (Å²) < 4.78 is 7.31. The van der Waals surface area contributed by atoms with Gasteiger partial charge in [0, 0.05) is 48.4 Å². The van der Waals surface area contributed by atoms with Crippen LogP contribution in [0.5, 0.6) is 5.88 Å². The van der Waals surface area contributed by atoms with Crippen LogP contribution in [0.4, 0.5) is 4.79 Å². The Morgan fingerprint density at radius 3 is 2.75 bits per heavy atom. The van der Waals surface area contributed by atoms with Gasteiger partial charge in [0.2, 0.25) is 5.88 Å². The van der Waals surface area contributed by atoms with Crippen LogP contribution in [-0.4, -0.2) is 62.1 Å². The molecule has 1 aromatic carbocycles. The van der Waals surface area contributed by atoms with Gasteiger partial charge < -0.3 is 19.3 Å². The highest BCUT2D eigenvalue weighted by molar-refractivity contribution is 6.05. The molecule has 9 heteroatoms. The van der Waals surface area contributed by atoms with Crippen molar-refractivity contribution in [1.29, 1.82) is 0 Å². The van der Waals surface area contributed by atoms with E-state index in [1.165, 1.54) is 0 Å². The molecule has 2 aliphatic rings. The number of hydrogen-bond donors (Lipinski definition) is 1. The number of nitrogens with zero attached hydrogens (tertiary/aromatic N) is 4. The minimum atomic E-state index is -1.04. The van der Waals surface area contributed by atoms with Gasteiger partial charge in [0.05, 0.1) is 20.1 Å². The number of carbonyl (C=O) groups excluding carboxylic acids is 2. The molecule has 0 spiro atoms. The molecule has 0 saturated carbocycles. The van der Waals surface area contributed by atoms with Gasteiger partial charge in [0.25, 0.3) is 5.91 Å². The van der Waals surface area contributed by atoms with Gasteiger partial charge in [-0.3, -0.25) is 14.5 Å². The largest absolute Gasteiger partial charge is 0.481 e. The molecule has 4 heterocycles. The number of imide groups is 1. The van der Waals surface area contributed by atoms with E-state index in [1.807, 2.05) is 36.4 Å². The maximum atomic E-state index is 12.9. The van der Waals surface area contributed by atoms with Crippen LogP contribution in [0.25, 0.3) is 10.9 Å². The number of para-hydroxylation sites is 1. The summed E-state index contributed by atoms with van der Waals surface area (Å²) in [6.45, 7) is 0.755. The molecule has 0 aliphatic carbocycles. The van der Waals surface area contributed by atoms with Gasteiger partial charge in [-0.25, -0.2) is 9.78 Å². The number of pyridine rings is 1. The van der Waals surface area contributed by atoms with Gasteiger partial charge in [0.1, 0.15) is 6.04 Å². The Kier molecular flexibility index (Phi) is 4.80. The standard InChI is InChI=1S/C23H22N4O5/c1-32-20-7-6-14(11-24-20)12-26-17-5-3-2-4-15(17)16-10-18-22(30)25(9-8-21(28)29)23(31)27(18)13-19(16)26/h2-7,11,18H,8-10,12-13H2,1H3,(H,28,29)/t18-/m0/s1. The van der Waals surface area contributed by atoms with Gasteiger partial charge >= 0.3 is 12.0 Å². The van der Waals surface area contributed by atoms with Crippen molar-refractivity contribution >= 4 is 28.8 Å². The average Bonchev–Trinajstić information content (AvgIpc) is 3.23. The molecule has 5 rings (SSSR count). The third-order valence-electron chi connectivity index (χ3n) is 6.21. The zero-order chi connectivity index (χ0) is 22.4. The number of amides is 3. The summed E-state index contributed by atoms with van der Waals surface area (Å²) in [5.74, 6) is -0.819. The SMILES string of the molecule is COc1ccc(Cn2c3c(c4ccccc42)C[C@H]2C(=O)N(CCC(=O)O)C(=O)N2C3)cn1. The van der Waals surface area contributed by atoms with Crippen LogP contribution in [0.1, 0.15) is 23.2 Å². The predicted molar refractivity (Wildman–Crippen MR) is 114 cm³/mol. The number of aromatic nitrogens is 2. The zero-order valence-electron chi connectivity index (χ0n) is 17.5. The van der Waals surface area contributed by atoms with Crippen LogP contribution in [-0.2, 0) is 29.1 Å². The Bertz CT molecular complexity index is 1230. The summed E-state index contributed by atoms with van der Waals surface area (Å²) in [5, 5.41) is 10.0. The fourth-order valence-electron chi connectivity index (χ4n) is 4.66. The van der Waals surface area contributed by atoms with Crippen molar-refractivity contribution in [3.05, 3.63) is 59.4 Å². The molecule has 164 valence electrons. The first-order chi connectivity index (χ1) is 15.5. The number of aliphatic carboxylic acids is 1. The van der Waals surface area contributed by atoms with Crippen molar-refractivity contribution in [3.63, 3.8) is 0 Å². The first-order valence-corrected chi connectivity index (χ1v) is 10.4. The Morgan fingerprint density at radius 1 is 1.22 bits per heavy atom. The first-order valence-electron chi connectivity index (χ1n) is 10.4. The second-order valence-electron chi connectivity index (χ2n) is 8.00. The Labute approximate surface area is 183 Å². The van der Waals surface area contributed by atoms with E-state index in [-0.39, 0.29) is 18.9 Å². The van der Waals surface area contributed by atoms with E-state index in [4.69, 9.17) is 9.84 Å². The summed E-state index contributed by atoms with van der Waals surface area (Å²) in [7, 11) is 1.57. The van der Waals surface area contributed by atoms with Crippen molar-refractivity contribution in [2.45, 2.75) is 32.0 Å². The molecule has 0 radical (unpaired) electrons. The zero-order valence-corrected chi connectivity index (χ0v) is 17.5. The second kappa shape index (κ2) is 7.67. The maximum absolute atomic E-state index is 12.9. The van der Waals surface area contributed by atoms with E-state index in [2.05, 4.69) is 9.55 Å². The topological polar surface area (TPSA) is 105 Å². The third kappa shape index (κ3) is 3.17. The summed E-state index contributed by atoms with van der Waals surface area (Å²) in [4.78, 5) is 43.7. The molecule has 2 aromatic heterocycles. The number of hydrogen-bond acceptors (Lipinski definition) is 5. The molecule has 3 aromatic rings. The van der Waals surface area contributed by atoms with Gasteiger partial charge in [0.15, 0.2) is 0 Å². The second-order valence-corrected chi connectivity index (χ2v) is 8.00. The third-order valence-corrected chi connectivity index (χ3v) is 6.21. The maximum Gasteiger partial charge on any atom is 0.327 e. The molecule has 0 unspecified atom stereocenters. The fraction of sp³-hybridized carbons (Fsp3) is 0.304. The van der Waals surface area contributed by atoms with Crippen LogP contribution in [0.2, 0.25) is 0 Å². The number of ether oxygens (including phenoxy) is 1. The van der Waals surface area contributed by atoms with Crippen LogP contribution >= 0.6 is 0 Å². The number of carbonyl (C=O) groups is 3. The summed E-state index contributed by atoms with van der Waals surface area (Å²) in [6.07, 6.45) is 1.92. The number of carboxylic acid groups (broad SMARTS) is 1. The smallest absolute Gasteiger partial charge is 0.327 e. The Balaban J connectivity index is 1.52. The van der Waals surface area contributed by atoms with Crippen molar-refractivity contribution in [2.75, 3.05) is 13.7 Å².